The summed E-state index contributed by atoms with van der Waals surface area (Å²) >= 11 is 15.0. The van der Waals surface area contributed by atoms with Gasteiger partial charge in [0.2, 0.25) is 0 Å². The third-order valence-electron chi connectivity index (χ3n) is 2.20. The zero-order chi connectivity index (χ0) is 11.5. The van der Waals surface area contributed by atoms with Gasteiger partial charge < -0.3 is 0 Å². The molecule has 0 aliphatic heterocycles. The van der Waals surface area contributed by atoms with Crippen molar-refractivity contribution in [1.82, 2.24) is 0 Å². The standard InChI is InChI=1S/C11H12BrCl2F/c1-11(6-13,7-14)5-8-2-9(12)4-10(15)3-8/h2-4H,5-7H2,1H3. The minimum absolute atomic E-state index is 0.184. The van der Waals surface area contributed by atoms with Crippen LogP contribution in [-0.4, -0.2) is 11.8 Å². The van der Waals surface area contributed by atoms with Gasteiger partial charge in [-0.3, -0.25) is 0 Å². The maximum absolute atomic E-state index is 13.1. The van der Waals surface area contributed by atoms with Crippen LogP contribution in [0.15, 0.2) is 22.7 Å². The van der Waals surface area contributed by atoms with Gasteiger partial charge in [0.1, 0.15) is 5.82 Å². The summed E-state index contributed by atoms with van der Waals surface area (Å²) in [4.78, 5) is 0. The molecule has 0 spiro atoms. The van der Waals surface area contributed by atoms with Crippen molar-refractivity contribution in [3.8, 4) is 0 Å². The van der Waals surface area contributed by atoms with E-state index < -0.39 is 0 Å². The third kappa shape index (κ3) is 3.93. The normalized spacial score (nSPS) is 11.8. The zero-order valence-corrected chi connectivity index (χ0v) is 11.5. The van der Waals surface area contributed by atoms with Crippen LogP contribution in [0.4, 0.5) is 4.39 Å². The van der Waals surface area contributed by atoms with Crippen LogP contribution in [0.1, 0.15) is 12.5 Å². The molecule has 4 heteroatoms. The maximum Gasteiger partial charge on any atom is 0.124 e. The lowest BCUT2D eigenvalue weighted by atomic mass is 9.87. The lowest BCUT2D eigenvalue weighted by molar-refractivity contribution is 0.424. The Morgan fingerprint density at radius 3 is 2.33 bits per heavy atom. The Bertz CT molecular complexity index is 317. The monoisotopic (exact) mass is 312 g/mol. The van der Waals surface area contributed by atoms with Crippen LogP contribution in [0.25, 0.3) is 0 Å². The quantitative estimate of drug-likeness (QED) is 0.712. The summed E-state index contributed by atoms with van der Waals surface area (Å²) in [5.41, 5.74) is 0.724. The van der Waals surface area contributed by atoms with Crippen molar-refractivity contribution < 1.29 is 4.39 Å². The van der Waals surface area contributed by atoms with E-state index in [2.05, 4.69) is 15.9 Å². The van der Waals surface area contributed by atoms with Gasteiger partial charge >= 0.3 is 0 Å². The van der Waals surface area contributed by atoms with E-state index in [1.54, 1.807) is 0 Å². The summed E-state index contributed by atoms with van der Waals surface area (Å²) in [5.74, 6) is 0.681. The Hall–Kier alpha value is 0.210. The van der Waals surface area contributed by atoms with Crippen LogP contribution in [0, 0.1) is 11.2 Å². The summed E-state index contributed by atoms with van der Waals surface area (Å²) in [5, 5.41) is 0. The molecule has 1 rings (SSSR count). The summed E-state index contributed by atoms with van der Waals surface area (Å²) in [7, 11) is 0. The van der Waals surface area contributed by atoms with Gasteiger partial charge in [-0.25, -0.2) is 4.39 Å². The highest BCUT2D eigenvalue weighted by Gasteiger charge is 2.22. The first-order chi connectivity index (χ1) is 6.99. The van der Waals surface area contributed by atoms with Gasteiger partial charge in [0.15, 0.2) is 0 Å². The first-order valence-corrected chi connectivity index (χ1v) is 6.42. The topological polar surface area (TPSA) is 0 Å². The van der Waals surface area contributed by atoms with Gasteiger partial charge in [-0.2, -0.15) is 0 Å². The van der Waals surface area contributed by atoms with Crippen LogP contribution in [0.5, 0.6) is 0 Å². The first-order valence-electron chi connectivity index (χ1n) is 4.56. The van der Waals surface area contributed by atoms with Crippen molar-refractivity contribution in [2.45, 2.75) is 13.3 Å². The third-order valence-corrected chi connectivity index (χ3v) is 3.95. The SMILES string of the molecule is CC(CCl)(CCl)Cc1cc(F)cc(Br)c1. The smallest absolute Gasteiger partial charge is 0.124 e. The van der Waals surface area contributed by atoms with Gasteiger partial charge in [-0.05, 0) is 35.6 Å². The van der Waals surface area contributed by atoms with Crippen molar-refractivity contribution >= 4 is 39.1 Å². The lowest BCUT2D eigenvalue weighted by Gasteiger charge is -2.24. The minimum atomic E-state index is -0.245. The molecule has 0 aromatic heterocycles. The van der Waals surface area contributed by atoms with E-state index in [0.717, 1.165) is 10.0 Å². The molecule has 0 saturated carbocycles. The van der Waals surface area contributed by atoms with Crippen molar-refractivity contribution in [3.05, 3.63) is 34.1 Å². The first kappa shape index (κ1) is 13.3. The van der Waals surface area contributed by atoms with Gasteiger partial charge in [0.05, 0.1) is 0 Å². The highest BCUT2D eigenvalue weighted by molar-refractivity contribution is 9.10. The molecule has 0 N–H and O–H groups in total. The second-order valence-corrected chi connectivity index (χ2v) is 5.48. The second kappa shape index (κ2) is 5.51. The molecule has 15 heavy (non-hydrogen) atoms. The lowest BCUT2D eigenvalue weighted by Crippen LogP contribution is -2.23. The van der Waals surface area contributed by atoms with Crippen molar-refractivity contribution in [3.63, 3.8) is 0 Å². The van der Waals surface area contributed by atoms with E-state index in [-0.39, 0.29) is 11.2 Å². The molecule has 0 amide bonds. The van der Waals surface area contributed by atoms with Gasteiger partial charge in [0.25, 0.3) is 0 Å². The van der Waals surface area contributed by atoms with Gasteiger partial charge in [-0.15, -0.1) is 23.2 Å². The molecule has 0 heterocycles. The van der Waals surface area contributed by atoms with Crippen molar-refractivity contribution in [2.24, 2.45) is 5.41 Å². The number of alkyl halides is 2. The number of rotatable bonds is 4. The highest BCUT2D eigenvalue weighted by atomic mass is 79.9. The zero-order valence-electron chi connectivity index (χ0n) is 8.37. The Morgan fingerprint density at radius 1 is 1.27 bits per heavy atom. The van der Waals surface area contributed by atoms with E-state index in [4.69, 9.17) is 23.2 Å². The predicted octanol–water partition coefficient (Wildman–Crippen LogP) is 4.61. The Morgan fingerprint density at radius 2 is 1.87 bits per heavy atom. The number of hydrogen-bond donors (Lipinski definition) is 0. The average molecular weight is 314 g/mol. The number of halogens is 4. The number of benzene rings is 1. The van der Waals surface area contributed by atoms with E-state index in [9.17, 15) is 4.39 Å². The van der Waals surface area contributed by atoms with Crippen LogP contribution < -0.4 is 0 Å². The fourth-order valence-electron chi connectivity index (χ4n) is 1.34. The molecule has 0 nitrogen and oxygen atoms in total. The van der Waals surface area contributed by atoms with E-state index in [1.807, 2.05) is 13.0 Å². The average Bonchev–Trinajstić information content (AvgIpc) is 2.16. The van der Waals surface area contributed by atoms with Crippen LogP contribution in [-0.2, 0) is 6.42 Å². The summed E-state index contributed by atoms with van der Waals surface area (Å²) in [6, 6.07) is 4.84. The molecule has 0 fully saturated rings. The molecular formula is C11H12BrCl2F. The molecule has 0 saturated heterocycles. The Balaban J connectivity index is 2.88. The molecule has 84 valence electrons. The Kier molecular flexibility index (Phi) is 4.88. The van der Waals surface area contributed by atoms with Gasteiger partial charge in [-0.1, -0.05) is 22.9 Å². The summed E-state index contributed by atoms with van der Waals surface area (Å²) in [6.45, 7) is 1.99. The second-order valence-electron chi connectivity index (χ2n) is 4.03. The van der Waals surface area contributed by atoms with Gasteiger partial charge in [0, 0.05) is 16.2 Å². The van der Waals surface area contributed by atoms with E-state index in [1.165, 1.54) is 12.1 Å². The summed E-state index contributed by atoms with van der Waals surface area (Å²) in [6.07, 6.45) is 0.677. The van der Waals surface area contributed by atoms with Crippen molar-refractivity contribution in [2.75, 3.05) is 11.8 Å². The van der Waals surface area contributed by atoms with Crippen LogP contribution >= 0.6 is 39.1 Å². The molecule has 0 atom stereocenters. The molecule has 0 radical (unpaired) electrons. The fourth-order valence-corrected chi connectivity index (χ4v) is 2.32. The predicted molar refractivity (Wildman–Crippen MR) is 67.4 cm³/mol. The maximum atomic E-state index is 13.1. The van der Waals surface area contributed by atoms with E-state index >= 15 is 0 Å². The summed E-state index contributed by atoms with van der Waals surface area (Å²) < 4.78 is 13.9. The molecule has 0 unspecified atom stereocenters. The molecule has 0 aliphatic carbocycles. The van der Waals surface area contributed by atoms with Crippen LogP contribution in [0.3, 0.4) is 0 Å². The Labute approximate surface area is 108 Å². The highest BCUT2D eigenvalue weighted by Crippen LogP contribution is 2.27. The number of hydrogen-bond acceptors (Lipinski definition) is 0. The van der Waals surface area contributed by atoms with E-state index in [0.29, 0.717) is 18.2 Å². The molecule has 0 bridgehead atoms. The van der Waals surface area contributed by atoms with Crippen LogP contribution in [0.2, 0.25) is 0 Å². The molecule has 0 aliphatic rings. The van der Waals surface area contributed by atoms with Crippen molar-refractivity contribution in [1.29, 1.82) is 0 Å². The largest absolute Gasteiger partial charge is 0.207 e. The minimum Gasteiger partial charge on any atom is -0.207 e. The fraction of sp³-hybridized carbons (Fsp3) is 0.455. The molecule has 1 aromatic rings. The molecular weight excluding hydrogens is 302 g/mol. The molecule has 1 aromatic carbocycles.